The van der Waals surface area contributed by atoms with Crippen molar-refractivity contribution in [1.82, 2.24) is 4.98 Å². The van der Waals surface area contributed by atoms with Gasteiger partial charge in [-0.05, 0) is 61.9 Å². The number of nitrogens with one attached hydrogen (secondary N) is 2. The number of aryl methyl sites for hydroxylation is 2. The van der Waals surface area contributed by atoms with Crippen molar-refractivity contribution in [3.8, 4) is 0 Å². The number of hydrogen-bond donors (Lipinski definition) is 2. The Morgan fingerprint density at radius 2 is 1.70 bits per heavy atom. The molecule has 1 heterocycles. The van der Waals surface area contributed by atoms with E-state index in [1.807, 2.05) is 62.3 Å². The molecule has 0 aliphatic carbocycles. The summed E-state index contributed by atoms with van der Waals surface area (Å²) in [6.07, 6.45) is 1.63. The first-order chi connectivity index (χ1) is 12.9. The summed E-state index contributed by atoms with van der Waals surface area (Å²) >= 11 is 0. The van der Waals surface area contributed by atoms with Crippen LogP contribution in [0, 0.1) is 13.8 Å². The number of pyridine rings is 1. The second kappa shape index (κ2) is 7.91. The van der Waals surface area contributed by atoms with Gasteiger partial charge in [0.1, 0.15) is 5.82 Å². The zero-order chi connectivity index (χ0) is 19.4. The van der Waals surface area contributed by atoms with Crippen LogP contribution in [0.15, 0.2) is 60.8 Å². The predicted molar refractivity (Wildman–Crippen MR) is 112 cm³/mol. The average molecular weight is 360 g/mol. The fourth-order valence-corrected chi connectivity index (χ4v) is 2.78. The Kier molecular flexibility index (Phi) is 5.41. The first-order valence-electron chi connectivity index (χ1n) is 8.81. The molecule has 0 bridgehead atoms. The van der Waals surface area contributed by atoms with Crippen molar-refractivity contribution in [2.45, 2.75) is 13.8 Å². The molecule has 0 aliphatic heterocycles. The van der Waals surface area contributed by atoms with Crippen LogP contribution in [0.5, 0.6) is 0 Å². The molecule has 2 aromatic carbocycles. The third kappa shape index (κ3) is 4.64. The minimum Gasteiger partial charge on any atom is -0.378 e. The third-order valence-corrected chi connectivity index (χ3v) is 4.31. The molecule has 0 saturated carbocycles. The fraction of sp³-hybridized carbons (Fsp3) is 0.182. The van der Waals surface area contributed by atoms with E-state index in [4.69, 9.17) is 0 Å². The maximum Gasteiger partial charge on any atom is 0.255 e. The average Bonchev–Trinajstić information content (AvgIpc) is 2.65. The Morgan fingerprint density at radius 3 is 2.37 bits per heavy atom. The van der Waals surface area contributed by atoms with Crippen molar-refractivity contribution in [1.29, 1.82) is 0 Å². The molecule has 1 aromatic heterocycles. The van der Waals surface area contributed by atoms with Gasteiger partial charge in [-0.25, -0.2) is 4.98 Å². The van der Waals surface area contributed by atoms with E-state index in [2.05, 4.69) is 28.6 Å². The largest absolute Gasteiger partial charge is 0.378 e. The molecule has 0 fully saturated rings. The van der Waals surface area contributed by atoms with Crippen LogP contribution in [0.25, 0.3) is 0 Å². The van der Waals surface area contributed by atoms with Gasteiger partial charge in [0, 0.05) is 42.9 Å². The first kappa shape index (κ1) is 18.5. The minimum absolute atomic E-state index is 0.168. The van der Waals surface area contributed by atoms with E-state index in [1.54, 1.807) is 18.3 Å². The Hall–Kier alpha value is -3.34. The smallest absolute Gasteiger partial charge is 0.255 e. The van der Waals surface area contributed by atoms with Crippen LogP contribution in [-0.4, -0.2) is 25.0 Å². The van der Waals surface area contributed by atoms with Crippen molar-refractivity contribution in [2.75, 3.05) is 29.6 Å². The van der Waals surface area contributed by atoms with E-state index in [0.29, 0.717) is 11.4 Å². The molecule has 138 valence electrons. The molecule has 0 radical (unpaired) electrons. The number of amides is 1. The molecule has 1 amide bonds. The van der Waals surface area contributed by atoms with Gasteiger partial charge >= 0.3 is 0 Å². The second-order valence-electron chi connectivity index (χ2n) is 6.77. The lowest BCUT2D eigenvalue weighted by Crippen LogP contribution is -2.13. The van der Waals surface area contributed by atoms with Crippen LogP contribution in [0.1, 0.15) is 21.5 Å². The molecule has 0 saturated heterocycles. The van der Waals surface area contributed by atoms with Gasteiger partial charge in [-0.1, -0.05) is 17.7 Å². The number of anilines is 4. The van der Waals surface area contributed by atoms with Gasteiger partial charge in [-0.15, -0.1) is 0 Å². The van der Waals surface area contributed by atoms with Gasteiger partial charge in [0.2, 0.25) is 0 Å². The van der Waals surface area contributed by atoms with Crippen LogP contribution in [0.3, 0.4) is 0 Å². The summed E-state index contributed by atoms with van der Waals surface area (Å²) in [6.45, 7) is 4.11. The van der Waals surface area contributed by atoms with E-state index < -0.39 is 0 Å². The molecule has 2 N–H and O–H groups in total. The van der Waals surface area contributed by atoms with E-state index in [-0.39, 0.29) is 5.91 Å². The number of carbonyl (C=O) groups excluding carboxylic acids is 1. The Bertz CT molecular complexity index is 949. The van der Waals surface area contributed by atoms with Gasteiger partial charge in [0.05, 0.1) is 0 Å². The summed E-state index contributed by atoms with van der Waals surface area (Å²) in [5.41, 5.74) is 5.70. The topological polar surface area (TPSA) is 57.3 Å². The lowest BCUT2D eigenvalue weighted by Gasteiger charge is -2.13. The van der Waals surface area contributed by atoms with Crippen LogP contribution < -0.4 is 15.5 Å². The van der Waals surface area contributed by atoms with Crippen molar-refractivity contribution < 1.29 is 4.79 Å². The lowest BCUT2D eigenvalue weighted by atomic mass is 10.1. The van der Waals surface area contributed by atoms with E-state index in [9.17, 15) is 4.79 Å². The number of carbonyl (C=O) groups is 1. The molecule has 0 aliphatic rings. The lowest BCUT2D eigenvalue weighted by molar-refractivity contribution is 0.102. The fourth-order valence-electron chi connectivity index (χ4n) is 2.78. The van der Waals surface area contributed by atoms with Gasteiger partial charge in [0.25, 0.3) is 5.91 Å². The van der Waals surface area contributed by atoms with E-state index in [1.165, 1.54) is 5.56 Å². The van der Waals surface area contributed by atoms with Gasteiger partial charge in [0.15, 0.2) is 0 Å². The molecule has 5 heteroatoms. The van der Waals surface area contributed by atoms with Crippen molar-refractivity contribution in [2.24, 2.45) is 0 Å². The van der Waals surface area contributed by atoms with Crippen LogP contribution in [-0.2, 0) is 0 Å². The highest BCUT2D eigenvalue weighted by atomic mass is 16.1. The molecule has 5 nitrogen and oxygen atoms in total. The van der Waals surface area contributed by atoms with Crippen LogP contribution >= 0.6 is 0 Å². The monoisotopic (exact) mass is 360 g/mol. The second-order valence-corrected chi connectivity index (χ2v) is 6.77. The Morgan fingerprint density at radius 1 is 0.963 bits per heavy atom. The van der Waals surface area contributed by atoms with E-state index in [0.717, 1.165) is 22.6 Å². The van der Waals surface area contributed by atoms with E-state index >= 15 is 0 Å². The third-order valence-electron chi connectivity index (χ3n) is 4.31. The highest BCUT2D eigenvalue weighted by Crippen LogP contribution is 2.21. The molecule has 0 unspecified atom stereocenters. The molecule has 0 atom stereocenters. The Balaban J connectivity index is 1.73. The predicted octanol–water partition coefficient (Wildman–Crippen LogP) is 4.76. The highest BCUT2D eigenvalue weighted by Gasteiger charge is 2.09. The number of hydrogen-bond acceptors (Lipinski definition) is 4. The highest BCUT2D eigenvalue weighted by molar-refractivity contribution is 6.04. The number of nitrogens with zero attached hydrogens (tertiary/aromatic N) is 2. The normalized spacial score (nSPS) is 10.4. The molecule has 3 aromatic rings. The Labute approximate surface area is 160 Å². The zero-order valence-electron chi connectivity index (χ0n) is 16.1. The SMILES string of the molecule is Cc1ccc(Nc2cc(C(=O)Nc3ccc(N(C)C)cc3)ccn2)c(C)c1. The summed E-state index contributed by atoms with van der Waals surface area (Å²) in [5.74, 6) is 0.469. The summed E-state index contributed by atoms with van der Waals surface area (Å²) in [4.78, 5) is 18.9. The quantitative estimate of drug-likeness (QED) is 0.689. The molecule has 3 rings (SSSR count). The molecular weight excluding hydrogens is 336 g/mol. The number of rotatable bonds is 5. The molecule has 0 spiro atoms. The van der Waals surface area contributed by atoms with Crippen molar-refractivity contribution >= 4 is 28.8 Å². The minimum atomic E-state index is -0.168. The summed E-state index contributed by atoms with van der Waals surface area (Å²) in [7, 11) is 3.96. The first-order valence-corrected chi connectivity index (χ1v) is 8.81. The zero-order valence-corrected chi connectivity index (χ0v) is 16.1. The van der Waals surface area contributed by atoms with Crippen LogP contribution in [0.4, 0.5) is 22.9 Å². The van der Waals surface area contributed by atoms with Gasteiger partial charge in [-0.2, -0.15) is 0 Å². The maximum atomic E-state index is 12.6. The van der Waals surface area contributed by atoms with Crippen molar-refractivity contribution in [3.63, 3.8) is 0 Å². The van der Waals surface area contributed by atoms with Crippen LogP contribution in [0.2, 0.25) is 0 Å². The molecular formula is C22H24N4O. The maximum absolute atomic E-state index is 12.6. The summed E-state index contributed by atoms with van der Waals surface area (Å²) < 4.78 is 0. The summed E-state index contributed by atoms with van der Waals surface area (Å²) in [6, 6.07) is 17.3. The summed E-state index contributed by atoms with van der Waals surface area (Å²) in [5, 5.41) is 6.20. The number of aromatic nitrogens is 1. The van der Waals surface area contributed by atoms with Gasteiger partial charge in [-0.3, -0.25) is 4.79 Å². The number of benzene rings is 2. The van der Waals surface area contributed by atoms with Crippen molar-refractivity contribution in [3.05, 3.63) is 77.5 Å². The molecule has 27 heavy (non-hydrogen) atoms. The van der Waals surface area contributed by atoms with Gasteiger partial charge < -0.3 is 15.5 Å². The standard InChI is InChI=1S/C22H24N4O/c1-15-5-10-20(16(2)13-15)25-21-14-17(11-12-23-21)22(27)24-18-6-8-19(9-7-18)26(3)4/h5-14H,1-4H3,(H,23,25)(H,24,27).